The highest BCUT2D eigenvalue weighted by Crippen LogP contribution is 2.43. The van der Waals surface area contributed by atoms with Gasteiger partial charge in [-0.25, -0.2) is 0 Å². The lowest BCUT2D eigenvalue weighted by molar-refractivity contribution is 0.0732. The van der Waals surface area contributed by atoms with Gasteiger partial charge in [-0.3, -0.25) is 4.99 Å². The molecular formula is C17H35IN4O. The molecule has 0 radical (unpaired) electrons. The minimum absolute atomic E-state index is 0. The third kappa shape index (κ3) is 6.74. The molecular weight excluding hydrogens is 403 g/mol. The molecule has 1 saturated carbocycles. The Labute approximate surface area is 159 Å². The van der Waals surface area contributed by atoms with Crippen LogP contribution in [0.15, 0.2) is 4.99 Å². The number of rotatable bonds is 7. The number of hydrogen-bond donors (Lipinski definition) is 2. The molecule has 2 aliphatic rings. The minimum atomic E-state index is 0. The number of guanidine groups is 1. The van der Waals surface area contributed by atoms with Crippen molar-refractivity contribution in [2.75, 3.05) is 54.0 Å². The first-order chi connectivity index (χ1) is 10.7. The Hall–Kier alpha value is -0.0800. The predicted octanol–water partition coefficient (Wildman–Crippen LogP) is 2.32. The Morgan fingerprint density at radius 2 is 2.09 bits per heavy atom. The van der Waals surface area contributed by atoms with E-state index in [0.717, 1.165) is 38.0 Å². The van der Waals surface area contributed by atoms with Gasteiger partial charge >= 0.3 is 0 Å². The van der Waals surface area contributed by atoms with Gasteiger partial charge in [0.1, 0.15) is 0 Å². The van der Waals surface area contributed by atoms with Crippen LogP contribution in [-0.4, -0.2) is 64.9 Å². The average Bonchev–Trinajstić information content (AvgIpc) is 2.48. The van der Waals surface area contributed by atoms with E-state index in [0.29, 0.717) is 5.41 Å². The molecule has 0 aromatic heterocycles. The maximum absolute atomic E-state index is 5.26. The fourth-order valence-electron chi connectivity index (χ4n) is 3.68. The van der Waals surface area contributed by atoms with Crippen LogP contribution in [0.3, 0.4) is 0 Å². The smallest absolute Gasteiger partial charge is 0.191 e. The van der Waals surface area contributed by atoms with E-state index in [9.17, 15) is 0 Å². The van der Waals surface area contributed by atoms with Crippen molar-refractivity contribution in [2.45, 2.75) is 38.5 Å². The summed E-state index contributed by atoms with van der Waals surface area (Å²) in [5.41, 5.74) is 0.429. The zero-order valence-electron chi connectivity index (χ0n) is 15.1. The van der Waals surface area contributed by atoms with E-state index < -0.39 is 0 Å². The zero-order chi connectivity index (χ0) is 15.8. The first-order valence-corrected chi connectivity index (χ1v) is 8.79. The molecule has 0 bridgehead atoms. The molecule has 0 amide bonds. The molecule has 23 heavy (non-hydrogen) atoms. The summed E-state index contributed by atoms with van der Waals surface area (Å²) in [5, 5.41) is 7.06. The van der Waals surface area contributed by atoms with Crippen molar-refractivity contribution in [1.82, 2.24) is 15.5 Å². The quantitative estimate of drug-likeness (QED) is 0.364. The number of nitrogens with zero attached hydrogens (tertiary/aromatic N) is 2. The molecule has 0 aromatic carbocycles. The lowest BCUT2D eigenvalue weighted by Crippen LogP contribution is -2.48. The Kier molecular flexibility index (Phi) is 9.77. The topological polar surface area (TPSA) is 48.9 Å². The lowest BCUT2D eigenvalue weighted by atomic mass is 9.67. The van der Waals surface area contributed by atoms with Crippen molar-refractivity contribution in [3.8, 4) is 0 Å². The summed E-state index contributed by atoms with van der Waals surface area (Å²) < 4.78 is 5.26. The summed E-state index contributed by atoms with van der Waals surface area (Å²) >= 11 is 0. The van der Waals surface area contributed by atoms with Gasteiger partial charge in [0.25, 0.3) is 0 Å². The number of hydrogen-bond acceptors (Lipinski definition) is 3. The molecule has 1 saturated heterocycles. The number of nitrogens with one attached hydrogen (secondary N) is 2. The third-order valence-electron chi connectivity index (χ3n) is 5.39. The van der Waals surface area contributed by atoms with Crippen molar-refractivity contribution in [2.24, 2.45) is 16.3 Å². The van der Waals surface area contributed by atoms with Gasteiger partial charge in [0, 0.05) is 40.4 Å². The highest BCUT2D eigenvalue weighted by Gasteiger charge is 2.36. The van der Waals surface area contributed by atoms with Crippen LogP contribution in [0, 0.1) is 11.3 Å². The Morgan fingerprint density at radius 3 is 2.65 bits per heavy atom. The summed E-state index contributed by atoms with van der Waals surface area (Å²) in [5.74, 6) is 1.69. The van der Waals surface area contributed by atoms with E-state index in [-0.39, 0.29) is 24.0 Å². The molecule has 1 heterocycles. The maximum atomic E-state index is 5.26. The number of halogens is 1. The van der Waals surface area contributed by atoms with Crippen LogP contribution in [0.2, 0.25) is 0 Å². The van der Waals surface area contributed by atoms with Crippen LogP contribution in [-0.2, 0) is 4.74 Å². The molecule has 1 atom stereocenters. The Bertz CT molecular complexity index is 361. The third-order valence-corrected chi connectivity index (χ3v) is 5.39. The summed E-state index contributed by atoms with van der Waals surface area (Å²) in [7, 11) is 5.88. The zero-order valence-corrected chi connectivity index (χ0v) is 17.4. The van der Waals surface area contributed by atoms with Gasteiger partial charge in [-0.1, -0.05) is 6.42 Å². The van der Waals surface area contributed by atoms with E-state index in [1.807, 2.05) is 7.05 Å². The van der Waals surface area contributed by atoms with Crippen LogP contribution in [0.25, 0.3) is 0 Å². The summed E-state index contributed by atoms with van der Waals surface area (Å²) in [6.07, 6.45) is 7.77. The largest absolute Gasteiger partial charge is 0.385 e. The van der Waals surface area contributed by atoms with E-state index in [2.05, 4.69) is 27.6 Å². The van der Waals surface area contributed by atoms with Crippen LogP contribution < -0.4 is 10.6 Å². The van der Waals surface area contributed by atoms with Crippen molar-refractivity contribution < 1.29 is 4.74 Å². The normalized spacial score (nSPS) is 24.5. The SMILES string of the molecule is CN=C(NCC1CCCN(C)C1)NCC1(CCOC)CCC1.I. The second-order valence-corrected chi connectivity index (χ2v) is 7.17. The van der Waals surface area contributed by atoms with Gasteiger partial charge in [-0.15, -0.1) is 24.0 Å². The number of methoxy groups -OCH3 is 1. The molecule has 136 valence electrons. The van der Waals surface area contributed by atoms with E-state index in [1.54, 1.807) is 7.11 Å². The van der Waals surface area contributed by atoms with Crippen molar-refractivity contribution in [3.63, 3.8) is 0 Å². The minimum Gasteiger partial charge on any atom is -0.385 e. The fourth-order valence-corrected chi connectivity index (χ4v) is 3.68. The Morgan fingerprint density at radius 1 is 1.30 bits per heavy atom. The number of likely N-dealkylation sites (tertiary alicyclic amines) is 1. The molecule has 1 aliphatic heterocycles. The average molecular weight is 438 g/mol. The van der Waals surface area contributed by atoms with Crippen molar-refractivity contribution in [3.05, 3.63) is 0 Å². The number of aliphatic imine (C=N–C) groups is 1. The van der Waals surface area contributed by atoms with Gasteiger partial charge in [0.15, 0.2) is 5.96 Å². The summed E-state index contributed by atoms with van der Waals surface area (Å²) in [6, 6.07) is 0. The van der Waals surface area contributed by atoms with Crippen molar-refractivity contribution in [1.29, 1.82) is 0 Å². The second-order valence-electron chi connectivity index (χ2n) is 7.17. The molecule has 2 rings (SSSR count). The number of piperidine rings is 1. The van der Waals surface area contributed by atoms with Crippen LogP contribution in [0.4, 0.5) is 0 Å². The second kappa shape index (κ2) is 10.7. The molecule has 1 aliphatic carbocycles. The summed E-state index contributed by atoms with van der Waals surface area (Å²) in [4.78, 5) is 6.81. The molecule has 6 heteroatoms. The molecule has 0 aromatic rings. The maximum Gasteiger partial charge on any atom is 0.191 e. The van der Waals surface area contributed by atoms with E-state index in [4.69, 9.17) is 4.74 Å². The lowest BCUT2D eigenvalue weighted by Gasteiger charge is -2.42. The highest BCUT2D eigenvalue weighted by molar-refractivity contribution is 14.0. The molecule has 2 N–H and O–H groups in total. The standard InChI is InChI=1S/C17H34N4O.HI/c1-18-16(19-12-15-6-4-10-21(2)13-15)20-14-17(7-5-8-17)9-11-22-3;/h15H,4-14H2,1-3H3,(H2,18,19,20);1H. The molecule has 5 nitrogen and oxygen atoms in total. The van der Waals surface area contributed by atoms with Crippen LogP contribution in [0.1, 0.15) is 38.5 Å². The summed E-state index contributed by atoms with van der Waals surface area (Å²) in [6.45, 7) is 5.34. The molecule has 0 spiro atoms. The van der Waals surface area contributed by atoms with E-state index in [1.165, 1.54) is 45.2 Å². The molecule has 1 unspecified atom stereocenters. The van der Waals surface area contributed by atoms with Gasteiger partial charge in [0.05, 0.1) is 0 Å². The monoisotopic (exact) mass is 438 g/mol. The van der Waals surface area contributed by atoms with Crippen molar-refractivity contribution >= 4 is 29.9 Å². The predicted molar refractivity (Wildman–Crippen MR) is 108 cm³/mol. The number of ether oxygens (including phenoxy) is 1. The molecule has 2 fully saturated rings. The van der Waals surface area contributed by atoms with Crippen LogP contribution >= 0.6 is 24.0 Å². The van der Waals surface area contributed by atoms with Crippen LogP contribution in [0.5, 0.6) is 0 Å². The Balaban J connectivity index is 0.00000264. The van der Waals surface area contributed by atoms with Gasteiger partial charge < -0.3 is 20.3 Å². The van der Waals surface area contributed by atoms with Gasteiger partial charge in [-0.2, -0.15) is 0 Å². The highest BCUT2D eigenvalue weighted by atomic mass is 127. The first kappa shape index (κ1) is 21.0. The van der Waals surface area contributed by atoms with Gasteiger partial charge in [-0.05, 0) is 57.0 Å². The fraction of sp³-hybridized carbons (Fsp3) is 0.941. The van der Waals surface area contributed by atoms with E-state index >= 15 is 0 Å². The first-order valence-electron chi connectivity index (χ1n) is 8.79. The van der Waals surface area contributed by atoms with Gasteiger partial charge in [0.2, 0.25) is 0 Å².